The molecule has 4 atom stereocenters. The molecule has 4 aliphatic rings. The predicted molar refractivity (Wildman–Crippen MR) is 117 cm³/mol. The van der Waals surface area contributed by atoms with Gasteiger partial charge in [0, 0.05) is 35.6 Å². The molecule has 4 fully saturated rings. The van der Waals surface area contributed by atoms with Gasteiger partial charge in [-0.1, -0.05) is 31.5 Å². The van der Waals surface area contributed by atoms with Crippen LogP contribution in [0.2, 0.25) is 5.02 Å². The second-order valence-corrected chi connectivity index (χ2v) is 10.4. The van der Waals surface area contributed by atoms with E-state index in [-0.39, 0.29) is 35.2 Å². The third-order valence-electron chi connectivity index (χ3n) is 8.25. The van der Waals surface area contributed by atoms with Crippen LogP contribution in [0.25, 0.3) is 10.9 Å². The van der Waals surface area contributed by atoms with Gasteiger partial charge < -0.3 is 15.0 Å². The summed E-state index contributed by atoms with van der Waals surface area (Å²) in [6.07, 6.45) is 7.19. The van der Waals surface area contributed by atoms with Gasteiger partial charge in [-0.05, 0) is 67.1 Å². The first-order valence-corrected chi connectivity index (χ1v) is 11.5. The number of rotatable bonds is 5. The van der Waals surface area contributed by atoms with E-state index >= 15 is 0 Å². The Kier molecular flexibility index (Phi) is 4.66. The molecule has 1 aromatic heterocycles. The minimum absolute atomic E-state index is 0.0650. The van der Waals surface area contributed by atoms with Crippen LogP contribution in [0.5, 0.6) is 0 Å². The number of amides is 1. The molecule has 2 aromatic rings. The number of halogens is 1. The summed E-state index contributed by atoms with van der Waals surface area (Å²) in [6.45, 7) is 3.96. The van der Waals surface area contributed by atoms with Crippen molar-refractivity contribution in [3.05, 3.63) is 35.0 Å². The first-order valence-electron chi connectivity index (χ1n) is 11.1. The molecule has 1 amide bonds. The lowest BCUT2D eigenvalue weighted by Crippen LogP contribution is -2.65. The highest BCUT2D eigenvalue weighted by atomic mass is 35.5. The predicted octanol–water partition coefficient (Wildman–Crippen LogP) is 5.20. The maximum absolute atomic E-state index is 13.4. The van der Waals surface area contributed by atoms with Crippen LogP contribution < -0.4 is 0 Å². The largest absolute Gasteiger partial charge is 0.481 e. The fraction of sp³-hybridized carbons (Fsp3) is 0.583. The van der Waals surface area contributed by atoms with E-state index in [2.05, 4.69) is 16.8 Å². The Hall–Kier alpha value is -2.01. The van der Waals surface area contributed by atoms with Crippen molar-refractivity contribution in [1.82, 2.24) is 9.88 Å². The van der Waals surface area contributed by atoms with Crippen LogP contribution >= 0.6 is 11.6 Å². The molecule has 1 aromatic carbocycles. The van der Waals surface area contributed by atoms with Crippen LogP contribution in [0, 0.1) is 17.3 Å². The maximum atomic E-state index is 13.4. The van der Waals surface area contributed by atoms with E-state index in [9.17, 15) is 14.7 Å². The Morgan fingerprint density at radius 3 is 2.60 bits per heavy atom. The Morgan fingerprint density at radius 1 is 1.23 bits per heavy atom. The Bertz CT molecular complexity index is 999. The number of aliphatic carboxylic acids is 1. The lowest BCUT2D eigenvalue weighted by Gasteiger charge is -2.62. The number of benzene rings is 1. The summed E-state index contributed by atoms with van der Waals surface area (Å²) in [5.41, 5.74) is 1.95. The van der Waals surface area contributed by atoms with E-state index in [0.717, 1.165) is 48.6 Å². The molecule has 160 valence electrons. The molecule has 2 aliphatic carbocycles. The van der Waals surface area contributed by atoms with Crippen molar-refractivity contribution in [2.45, 2.75) is 70.4 Å². The number of hydrogen-bond donors (Lipinski definition) is 2. The smallest absolute Gasteiger partial charge is 0.306 e. The molecule has 2 N–H and O–H groups in total. The molecule has 0 radical (unpaired) electrons. The normalized spacial score (nSPS) is 31.8. The summed E-state index contributed by atoms with van der Waals surface area (Å²) in [4.78, 5) is 30.6. The topological polar surface area (TPSA) is 73.4 Å². The Balaban J connectivity index is 1.36. The molecule has 0 spiro atoms. The van der Waals surface area contributed by atoms with E-state index in [1.807, 2.05) is 31.3 Å². The highest BCUT2D eigenvalue weighted by Crippen LogP contribution is 2.59. The Labute approximate surface area is 181 Å². The second kappa shape index (κ2) is 7.01. The number of carbonyl (C=O) groups excluding carboxylic acids is 1. The highest BCUT2D eigenvalue weighted by Gasteiger charge is 2.58. The number of H-pyrrole nitrogens is 1. The van der Waals surface area contributed by atoms with Crippen molar-refractivity contribution in [3.63, 3.8) is 0 Å². The third kappa shape index (κ3) is 2.96. The summed E-state index contributed by atoms with van der Waals surface area (Å²) in [7, 11) is 0. The summed E-state index contributed by atoms with van der Waals surface area (Å²) in [5.74, 6) is -0.195. The molecule has 4 bridgehead atoms. The molecule has 4 unspecified atom stereocenters. The van der Waals surface area contributed by atoms with Gasteiger partial charge in [0.15, 0.2) is 0 Å². The van der Waals surface area contributed by atoms with Crippen molar-refractivity contribution in [3.8, 4) is 0 Å². The first-order chi connectivity index (χ1) is 14.3. The van der Waals surface area contributed by atoms with Crippen LogP contribution in [-0.4, -0.2) is 39.0 Å². The molecular weight excluding hydrogens is 400 g/mol. The van der Waals surface area contributed by atoms with Gasteiger partial charge in [-0.25, -0.2) is 0 Å². The van der Waals surface area contributed by atoms with Crippen molar-refractivity contribution < 1.29 is 14.7 Å². The highest BCUT2D eigenvalue weighted by molar-refractivity contribution is 6.35. The van der Waals surface area contributed by atoms with Gasteiger partial charge in [0.1, 0.15) is 0 Å². The molecule has 2 saturated heterocycles. The molecule has 30 heavy (non-hydrogen) atoms. The molecule has 5 nitrogen and oxygen atoms in total. The molecular formula is C24H29ClN2O3. The van der Waals surface area contributed by atoms with Gasteiger partial charge in [0.2, 0.25) is 5.91 Å². The number of fused-ring (bicyclic) bond motifs is 1. The van der Waals surface area contributed by atoms with E-state index in [1.165, 1.54) is 0 Å². The number of piperidine rings is 2. The maximum Gasteiger partial charge on any atom is 0.306 e. The van der Waals surface area contributed by atoms with Gasteiger partial charge >= 0.3 is 5.97 Å². The SMILES string of the molecule is CC(CC(=O)N1C2CC3CC1CC(C(C)C(=O)O)(C3)C2)c1c[nH]c2cccc(Cl)c12. The average Bonchev–Trinajstić information content (AvgIpc) is 3.12. The zero-order chi connectivity index (χ0) is 21.2. The van der Waals surface area contributed by atoms with Crippen molar-refractivity contribution in [2.75, 3.05) is 0 Å². The van der Waals surface area contributed by atoms with Crippen molar-refractivity contribution in [1.29, 1.82) is 0 Å². The minimum atomic E-state index is -0.695. The number of nitrogens with one attached hydrogen (secondary N) is 1. The molecule has 2 saturated carbocycles. The zero-order valence-electron chi connectivity index (χ0n) is 17.5. The summed E-state index contributed by atoms with van der Waals surface area (Å²) >= 11 is 6.44. The van der Waals surface area contributed by atoms with Gasteiger partial charge in [0.05, 0.1) is 10.9 Å². The van der Waals surface area contributed by atoms with E-state index in [4.69, 9.17) is 11.6 Å². The van der Waals surface area contributed by atoms with Crippen LogP contribution in [-0.2, 0) is 9.59 Å². The third-order valence-corrected chi connectivity index (χ3v) is 8.57. The summed E-state index contributed by atoms with van der Waals surface area (Å²) in [5, 5.41) is 11.4. The molecule has 3 heterocycles. The Morgan fingerprint density at radius 2 is 1.93 bits per heavy atom. The van der Waals surface area contributed by atoms with E-state index < -0.39 is 5.97 Å². The van der Waals surface area contributed by atoms with Crippen molar-refractivity contribution in [2.24, 2.45) is 17.3 Å². The lowest BCUT2D eigenvalue weighted by atomic mass is 9.51. The van der Waals surface area contributed by atoms with Gasteiger partial charge in [-0.3, -0.25) is 9.59 Å². The zero-order valence-corrected chi connectivity index (χ0v) is 18.3. The van der Waals surface area contributed by atoms with Crippen molar-refractivity contribution >= 4 is 34.4 Å². The quantitative estimate of drug-likeness (QED) is 0.687. The fourth-order valence-corrected chi connectivity index (χ4v) is 7.20. The average molecular weight is 429 g/mol. The monoisotopic (exact) mass is 428 g/mol. The molecule has 6 heteroatoms. The number of carboxylic acids is 1. The van der Waals surface area contributed by atoms with Crippen LogP contribution in [0.15, 0.2) is 24.4 Å². The standard InChI is InChI=1S/C24H29ClN2O3/c1-13(18-12-26-20-5-3-4-19(25)22(18)20)6-21(28)27-16-7-15-8-17(27)11-24(9-15,10-16)14(2)23(29)30/h3-5,12-17,26H,6-11H2,1-2H3,(H,29,30). The number of aromatic amines is 1. The number of aromatic nitrogens is 1. The number of carbonyl (C=O) groups is 2. The first kappa shape index (κ1) is 19.9. The van der Waals surface area contributed by atoms with Crippen LogP contribution in [0.1, 0.15) is 63.9 Å². The van der Waals surface area contributed by atoms with Crippen LogP contribution in [0.4, 0.5) is 0 Å². The molecule has 6 rings (SSSR count). The second-order valence-electron chi connectivity index (χ2n) is 9.99. The van der Waals surface area contributed by atoms with E-state index in [1.54, 1.807) is 0 Å². The summed E-state index contributed by atoms with van der Waals surface area (Å²) < 4.78 is 0. The van der Waals surface area contributed by atoms with Crippen LogP contribution in [0.3, 0.4) is 0 Å². The fourth-order valence-electron chi connectivity index (χ4n) is 6.92. The summed E-state index contributed by atoms with van der Waals surface area (Å²) in [6, 6.07) is 6.22. The minimum Gasteiger partial charge on any atom is -0.481 e. The molecule has 2 aliphatic heterocycles. The van der Waals surface area contributed by atoms with Gasteiger partial charge in [-0.2, -0.15) is 0 Å². The number of carboxylic acid groups (broad SMARTS) is 1. The number of nitrogens with zero attached hydrogens (tertiary/aromatic N) is 1. The van der Waals surface area contributed by atoms with Gasteiger partial charge in [0.25, 0.3) is 0 Å². The van der Waals surface area contributed by atoms with E-state index in [0.29, 0.717) is 17.4 Å². The number of hydrogen-bond acceptors (Lipinski definition) is 2. The lowest BCUT2D eigenvalue weighted by molar-refractivity contribution is -0.172. The van der Waals surface area contributed by atoms with Gasteiger partial charge in [-0.15, -0.1) is 0 Å².